The van der Waals surface area contributed by atoms with Crippen LogP contribution in [0.15, 0.2) is 22.8 Å². The molecule has 1 saturated carbocycles. The Hall–Kier alpha value is -0.800. The molecule has 1 saturated heterocycles. The lowest BCUT2D eigenvalue weighted by Gasteiger charge is -2.35. The first-order valence-electron chi connectivity index (χ1n) is 7.33. The summed E-state index contributed by atoms with van der Waals surface area (Å²) in [5, 5.41) is 3.74. The topological polar surface area (TPSA) is 28.4 Å². The first kappa shape index (κ1) is 12.2. The lowest BCUT2D eigenvalue weighted by atomic mass is 9.93. The number of nitrogens with one attached hydrogen (secondary N) is 1. The van der Waals surface area contributed by atoms with E-state index in [1.165, 1.54) is 45.2 Å². The van der Waals surface area contributed by atoms with Gasteiger partial charge in [0.05, 0.1) is 12.8 Å². The second-order valence-electron chi connectivity index (χ2n) is 5.88. The molecule has 1 aliphatic heterocycles. The van der Waals surface area contributed by atoms with Crippen LogP contribution in [0.3, 0.4) is 0 Å². The molecular weight excluding hydrogens is 224 g/mol. The fourth-order valence-electron chi connectivity index (χ4n) is 3.16. The minimum Gasteiger partial charge on any atom is -0.468 e. The minimum absolute atomic E-state index is 0.356. The van der Waals surface area contributed by atoms with E-state index in [2.05, 4.69) is 23.2 Å². The smallest absolute Gasteiger partial charge is 0.117 e. The van der Waals surface area contributed by atoms with Crippen molar-refractivity contribution in [3.05, 3.63) is 24.2 Å². The molecule has 0 radical (unpaired) electrons. The maximum atomic E-state index is 5.51. The third-order valence-corrected chi connectivity index (χ3v) is 4.52. The van der Waals surface area contributed by atoms with Crippen LogP contribution in [-0.2, 0) is 6.54 Å². The molecule has 0 aromatic carbocycles. The van der Waals surface area contributed by atoms with E-state index in [1.54, 1.807) is 6.26 Å². The number of hydrogen-bond donors (Lipinski definition) is 1. The van der Waals surface area contributed by atoms with Crippen LogP contribution in [0.5, 0.6) is 0 Å². The molecule has 0 spiro atoms. The highest BCUT2D eigenvalue weighted by Crippen LogP contribution is 2.33. The van der Waals surface area contributed by atoms with Gasteiger partial charge in [0.1, 0.15) is 5.76 Å². The molecule has 3 nitrogen and oxygen atoms in total. The van der Waals surface area contributed by atoms with Crippen LogP contribution in [0.4, 0.5) is 0 Å². The quantitative estimate of drug-likeness (QED) is 0.839. The fraction of sp³-hybridized carbons (Fsp3) is 0.733. The maximum absolute atomic E-state index is 5.51. The van der Waals surface area contributed by atoms with E-state index in [-0.39, 0.29) is 0 Å². The van der Waals surface area contributed by atoms with E-state index in [0.29, 0.717) is 5.54 Å². The van der Waals surface area contributed by atoms with E-state index < -0.39 is 0 Å². The van der Waals surface area contributed by atoms with Crippen molar-refractivity contribution in [2.45, 2.75) is 57.2 Å². The van der Waals surface area contributed by atoms with Crippen molar-refractivity contribution >= 4 is 0 Å². The van der Waals surface area contributed by atoms with E-state index in [0.717, 1.165) is 18.3 Å². The van der Waals surface area contributed by atoms with E-state index in [1.807, 2.05) is 6.07 Å². The second-order valence-corrected chi connectivity index (χ2v) is 5.88. The zero-order chi connectivity index (χ0) is 12.4. The molecule has 1 aliphatic carbocycles. The summed E-state index contributed by atoms with van der Waals surface area (Å²) in [7, 11) is 0. The van der Waals surface area contributed by atoms with Gasteiger partial charge < -0.3 is 9.73 Å². The molecule has 18 heavy (non-hydrogen) atoms. The van der Waals surface area contributed by atoms with Crippen molar-refractivity contribution in [3.8, 4) is 0 Å². The zero-order valence-corrected chi connectivity index (χ0v) is 11.3. The van der Waals surface area contributed by atoms with Gasteiger partial charge >= 0.3 is 0 Å². The van der Waals surface area contributed by atoms with Gasteiger partial charge in [0.2, 0.25) is 0 Å². The average Bonchev–Trinajstić information content (AvgIpc) is 2.92. The lowest BCUT2D eigenvalue weighted by molar-refractivity contribution is 0.163. The molecule has 1 unspecified atom stereocenters. The number of hydrogen-bond acceptors (Lipinski definition) is 3. The molecule has 3 heteroatoms. The van der Waals surface area contributed by atoms with E-state index in [9.17, 15) is 0 Å². The third-order valence-electron chi connectivity index (χ3n) is 4.52. The van der Waals surface area contributed by atoms with Gasteiger partial charge in [-0.05, 0) is 50.8 Å². The normalized spacial score (nSPS) is 28.1. The van der Waals surface area contributed by atoms with Crippen LogP contribution >= 0.6 is 0 Å². The van der Waals surface area contributed by atoms with Gasteiger partial charge in [0.25, 0.3) is 0 Å². The summed E-state index contributed by atoms with van der Waals surface area (Å²) in [6.07, 6.45) is 8.39. The molecule has 1 aromatic heterocycles. The predicted molar refractivity (Wildman–Crippen MR) is 72.4 cm³/mol. The van der Waals surface area contributed by atoms with Crippen LogP contribution in [0.1, 0.15) is 44.8 Å². The Labute approximate surface area is 110 Å². The van der Waals surface area contributed by atoms with E-state index in [4.69, 9.17) is 4.42 Å². The average molecular weight is 248 g/mol. The maximum Gasteiger partial charge on any atom is 0.117 e. The lowest BCUT2D eigenvalue weighted by Crippen LogP contribution is -2.49. The van der Waals surface area contributed by atoms with Crippen molar-refractivity contribution in [1.29, 1.82) is 0 Å². The Morgan fingerprint density at radius 2 is 2.39 bits per heavy atom. The summed E-state index contributed by atoms with van der Waals surface area (Å²) < 4.78 is 5.51. The van der Waals surface area contributed by atoms with Crippen molar-refractivity contribution < 1.29 is 4.42 Å². The van der Waals surface area contributed by atoms with Gasteiger partial charge in [-0.25, -0.2) is 0 Å². The molecular formula is C15H24N2O. The van der Waals surface area contributed by atoms with Crippen LogP contribution in [-0.4, -0.2) is 29.6 Å². The van der Waals surface area contributed by atoms with Crippen molar-refractivity contribution in [2.24, 2.45) is 0 Å². The van der Waals surface area contributed by atoms with Crippen LogP contribution in [0.25, 0.3) is 0 Å². The van der Waals surface area contributed by atoms with Gasteiger partial charge in [-0.2, -0.15) is 0 Å². The Morgan fingerprint density at radius 1 is 1.50 bits per heavy atom. The molecule has 1 aromatic rings. The highest BCUT2D eigenvalue weighted by Gasteiger charge is 2.38. The number of rotatable bonds is 6. The molecule has 2 heterocycles. The van der Waals surface area contributed by atoms with Crippen molar-refractivity contribution in [3.63, 3.8) is 0 Å². The largest absolute Gasteiger partial charge is 0.468 e. The van der Waals surface area contributed by atoms with Crippen LogP contribution in [0.2, 0.25) is 0 Å². The standard InChI is InChI=1S/C15H24N2O/c1-2-15(8-4-9-16-15)12-17(13-6-7-13)11-14-5-3-10-18-14/h3,5,10,13,16H,2,4,6-9,11-12H2,1H3. The van der Waals surface area contributed by atoms with Crippen LogP contribution < -0.4 is 5.32 Å². The van der Waals surface area contributed by atoms with Crippen molar-refractivity contribution in [1.82, 2.24) is 10.2 Å². The zero-order valence-electron chi connectivity index (χ0n) is 11.3. The number of nitrogens with zero attached hydrogens (tertiary/aromatic N) is 1. The Balaban J connectivity index is 1.66. The summed E-state index contributed by atoms with van der Waals surface area (Å²) in [4.78, 5) is 2.63. The van der Waals surface area contributed by atoms with Crippen molar-refractivity contribution in [2.75, 3.05) is 13.1 Å². The van der Waals surface area contributed by atoms with Gasteiger partial charge in [0.15, 0.2) is 0 Å². The first-order valence-corrected chi connectivity index (χ1v) is 7.33. The van der Waals surface area contributed by atoms with E-state index >= 15 is 0 Å². The SMILES string of the molecule is CCC1(CN(Cc2ccco2)C2CC2)CCCN1. The highest BCUT2D eigenvalue weighted by atomic mass is 16.3. The molecule has 3 rings (SSSR count). The van der Waals surface area contributed by atoms with Gasteiger partial charge in [-0.3, -0.25) is 4.90 Å². The molecule has 1 atom stereocenters. The fourth-order valence-corrected chi connectivity index (χ4v) is 3.16. The molecule has 0 bridgehead atoms. The summed E-state index contributed by atoms with van der Waals surface area (Å²) >= 11 is 0. The summed E-state index contributed by atoms with van der Waals surface area (Å²) in [6, 6.07) is 4.88. The molecule has 2 fully saturated rings. The first-order chi connectivity index (χ1) is 8.81. The monoisotopic (exact) mass is 248 g/mol. The summed E-state index contributed by atoms with van der Waals surface area (Å²) in [6.45, 7) is 5.65. The molecule has 1 N–H and O–H groups in total. The Morgan fingerprint density at radius 3 is 2.94 bits per heavy atom. The molecule has 0 amide bonds. The van der Waals surface area contributed by atoms with Gasteiger partial charge in [-0.1, -0.05) is 6.92 Å². The van der Waals surface area contributed by atoms with Gasteiger partial charge in [0, 0.05) is 18.1 Å². The molecule has 2 aliphatic rings. The Bertz CT molecular complexity index is 364. The number of furan rings is 1. The highest BCUT2D eigenvalue weighted by molar-refractivity contribution is 5.03. The molecule has 100 valence electrons. The summed E-state index contributed by atoms with van der Waals surface area (Å²) in [5.74, 6) is 1.10. The summed E-state index contributed by atoms with van der Waals surface area (Å²) in [5.41, 5.74) is 0.356. The van der Waals surface area contributed by atoms with Gasteiger partial charge in [-0.15, -0.1) is 0 Å². The third kappa shape index (κ3) is 2.62. The Kier molecular flexibility index (Phi) is 3.44. The predicted octanol–water partition coefficient (Wildman–Crippen LogP) is 2.78. The minimum atomic E-state index is 0.356. The van der Waals surface area contributed by atoms with Crippen LogP contribution in [0, 0.1) is 0 Å². The second kappa shape index (κ2) is 5.06.